The van der Waals surface area contributed by atoms with Crippen molar-refractivity contribution in [1.82, 2.24) is 10.2 Å². The zero-order valence-electron chi connectivity index (χ0n) is 13.2. The van der Waals surface area contributed by atoms with Crippen LogP contribution in [0.1, 0.15) is 64.7 Å². The van der Waals surface area contributed by atoms with Gasteiger partial charge in [-0.05, 0) is 51.6 Å². The summed E-state index contributed by atoms with van der Waals surface area (Å²) < 4.78 is 6.43. The Morgan fingerprint density at radius 1 is 1.05 bits per heavy atom. The second-order valence-corrected chi connectivity index (χ2v) is 7.11. The van der Waals surface area contributed by atoms with Crippen molar-refractivity contribution in [2.75, 3.05) is 26.2 Å². The summed E-state index contributed by atoms with van der Waals surface area (Å²) in [6.45, 7) is 7.00. The smallest absolute Gasteiger partial charge is 0.0708 e. The molecule has 3 rings (SSSR count). The molecule has 0 aromatic carbocycles. The van der Waals surface area contributed by atoms with Gasteiger partial charge in [-0.3, -0.25) is 4.90 Å². The van der Waals surface area contributed by atoms with E-state index < -0.39 is 0 Å². The topological polar surface area (TPSA) is 24.5 Å². The molecule has 2 atom stereocenters. The van der Waals surface area contributed by atoms with Crippen LogP contribution in [0.3, 0.4) is 0 Å². The third-order valence-corrected chi connectivity index (χ3v) is 5.76. The van der Waals surface area contributed by atoms with Gasteiger partial charge in [0.2, 0.25) is 0 Å². The Labute approximate surface area is 124 Å². The summed E-state index contributed by atoms with van der Waals surface area (Å²) in [5, 5.41) is 3.69. The van der Waals surface area contributed by atoms with E-state index in [1.165, 1.54) is 70.9 Å². The van der Waals surface area contributed by atoms with E-state index in [2.05, 4.69) is 17.1 Å². The van der Waals surface area contributed by atoms with Crippen LogP contribution in [0.15, 0.2) is 0 Å². The number of likely N-dealkylation sites (N-methyl/N-ethyl adjacent to an activating group) is 1. The van der Waals surface area contributed by atoms with Crippen molar-refractivity contribution >= 4 is 0 Å². The lowest BCUT2D eigenvalue weighted by molar-refractivity contribution is -0.0625. The molecular weight excluding hydrogens is 248 g/mol. The number of likely N-dealkylation sites (tertiary alicyclic amines) is 1. The number of rotatable bonds is 5. The molecule has 3 aliphatic rings. The molecule has 1 spiro atoms. The second-order valence-electron chi connectivity index (χ2n) is 7.11. The van der Waals surface area contributed by atoms with Crippen molar-refractivity contribution in [1.29, 1.82) is 0 Å². The molecule has 3 fully saturated rings. The zero-order valence-corrected chi connectivity index (χ0v) is 13.2. The lowest BCUT2D eigenvalue weighted by Gasteiger charge is -2.33. The van der Waals surface area contributed by atoms with E-state index in [9.17, 15) is 0 Å². The minimum absolute atomic E-state index is 0.285. The average molecular weight is 280 g/mol. The van der Waals surface area contributed by atoms with Gasteiger partial charge < -0.3 is 10.1 Å². The molecule has 2 saturated heterocycles. The fourth-order valence-electron chi connectivity index (χ4n) is 4.56. The maximum atomic E-state index is 6.43. The van der Waals surface area contributed by atoms with Crippen LogP contribution in [0, 0.1) is 0 Å². The van der Waals surface area contributed by atoms with Crippen LogP contribution in [0.2, 0.25) is 0 Å². The molecule has 20 heavy (non-hydrogen) atoms. The number of ether oxygens (including phenoxy) is 1. The van der Waals surface area contributed by atoms with Gasteiger partial charge in [-0.2, -0.15) is 0 Å². The molecule has 0 radical (unpaired) electrons. The third kappa shape index (κ3) is 3.37. The first-order chi connectivity index (χ1) is 9.81. The van der Waals surface area contributed by atoms with Gasteiger partial charge in [0.05, 0.1) is 11.7 Å². The molecule has 3 heteroatoms. The van der Waals surface area contributed by atoms with E-state index >= 15 is 0 Å². The maximum Gasteiger partial charge on any atom is 0.0708 e. The van der Waals surface area contributed by atoms with E-state index in [-0.39, 0.29) is 5.60 Å². The van der Waals surface area contributed by atoms with Crippen molar-refractivity contribution in [3.05, 3.63) is 0 Å². The summed E-state index contributed by atoms with van der Waals surface area (Å²) in [5.74, 6) is 0. The first kappa shape index (κ1) is 14.8. The summed E-state index contributed by atoms with van der Waals surface area (Å²) in [7, 11) is 0. The maximum absolute atomic E-state index is 6.43. The predicted octanol–water partition coefficient (Wildman–Crippen LogP) is 2.94. The minimum Gasteiger partial charge on any atom is -0.370 e. The third-order valence-electron chi connectivity index (χ3n) is 5.76. The molecule has 0 aromatic heterocycles. The number of nitrogens with one attached hydrogen (secondary N) is 1. The van der Waals surface area contributed by atoms with E-state index in [1.807, 2.05) is 0 Å². The predicted molar refractivity (Wildman–Crippen MR) is 83.1 cm³/mol. The van der Waals surface area contributed by atoms with Crippen LogP contribution < -0.4 is 5.32 Å². The van der Waals surface area contributed by atoms with Crippen LogP contribution in [0.25, 0.3) is 0 Å². The summed E-state index contributed by atoms with van der Waals surface area (Å²) in [6.07, 6.45) is 12.6. The van der Waals surface area contributed by atoms with Crippen LogP contribution in [0.5, 0.6) is 0 Å². The Balaban J connectivity index is 1.37. The van der Waals surface area contributed by atoms with E-state index in [0.29, 0.717) is 6.10 Å². The van der Waals surface area contributed by atoms with Gasteiger partial charge >= 0.3 is 0 Å². The first-order valence-corrected chi connectivity index (χ1v) is 8.94. The van der Waals surface area contributed by atoms with E-state index in [0.717, 1.165) is 19.1 Å². The van der Waals surface area contributed by atoms with E-state index in [4.69, 9.17) is 4.74 Å². The highest BCUT2D eigenvalue weighted by atomic mass is 16.5. The number of hydrogen-bond donors (Lipinski definition) is 1. The van der Waals surface area contributed by atoms with Gasteiger partial charge in [0.15, 0.2) is 0 Å². The quantitative estimate of drug-likeness (QED) is 0.838. The summed E-state index contributed by atoms with van der Waals surface area (Å²) >= 11 is 0. The molecule has 1 aliphatic carbocycles. The highest BCUT2D eigenvalue weighted by Gasteiger charge is 2.40. The van der Waals surface area contributed by atoms with Crippen LogP contribution >= 0.6 is 0 Å². The fourth-order valence-corrected chi connectivity index (χ4v) is 4.56. The Bertz CT molecular complexity index is 301. The molecule has 0 bridgehead atoms. The molecule has 3 nitrogen and oxygen atoms in total. The van der Waals surface area contributed by atoms with E-state index in [1.54, 1.807) is 0 Å². The Hall–Kier alpha value is -0.120. The molecule has 2 aliphatic heterocycles. The van der Waals surface area contributed by atoms with Gasteiger partial charge in [-0.25, -0.2) is 0 Å². The van der Waals surface area contributed by atoms with Gasteiger partial charge in [-0.15, -0.1) is 0 Å². The summed E-state index contributed by atoms with van der Waals surface area (Å²) in [6, 6.07) is 0.769. The van der Waals surface area contributed by atoms with Crippen molar-refractivity contribution in [3.8, 4) is 0 Å². The summed E-state index contributed by atoms with van der Waals surface area (Å²) in [4.78, 5) is 2.62. The lowest BCUT2D eigenvalue weighted by Crippen LogP contribution is -2.41. The van der Waals surface area contributed by atoms with Crippen LogP contribution in [0.4, 0.5) is 0 Å². The Morgan fingerprint density at radius 2 is 1.90 bits per heavy atom. The SMILES string of the molecule is CCN1CCCC1CNCC1CCC2(CCCCC2)O1. The van der Waals surface area contributed by atoms with Gasteiger partial charge in [0, 0.05) is 19.1 Å². The van der Waals surface area contributed by atoms with Crippen LogP contribution in [-0.2, 0) is 4.74 Å². The van der Waals surface area contributed by atoms with Crippen LogP contribution in [-0.4, -0.2) is 48.8 Å². The molecule has 1 N–H and O–H groups in total. The average Bonchev–Trinajstić information content (AvgIpc) is 3.07. The minimum atomic E-state index is 0.285. The normalized spacial score (nSPS) is 34.0. The molecule has 1 saturated carbocycles. The first-order valence-electron chi connectivity index (χ1n) is 8.94. The standard InChI is InChI=1S/C17H32N2O/c1-2-19-12-6-7-15(19)13-18-14-16-8-11-17(20-16)9-4-3-5-10-17/h15-16,18H,2-14H2,1H3. The van der Waals surface area contributed by atoms with Gasteiger partial charge in [0.25, 0.3) is 0 Å². The lowest BCUT2D eigenvalue weighted by atomic mass is 9.83. The Morgan fingerprint density at radius 3 is 2.70 bits per heavy atom. The van der Waals surface area contributed by atoms with Gasteiger partial charge in [-0.1, -0.05) is 26.2 Å². The monoisotopic (exact) mass is 280 g/mol. The van der Waals surface area contributed by atoms with Crippen molar-refractivity contribution in [2.45, 2.75) is 82.5 Å². The van der Waals surface area contributed by atoms with Crippen molar-refractivity contribution in [3.63, 3.8) is 0 Å². The molecule has 2 unspecified atom stereocenters. The zero-order chi connectivity index (χ0) is 13.8. The fraction of sp³-hybridized carbons (Fsp3) is 1.00. The molecule has 116 valence electrons. The van der Waals surface area contributed by atoms with Crippen molar-refractivity contribution < 1.29 is 4.74 Å². The van der Waals surface area contributed by atoms with Crippen molar-refractivity contribution in [2.24, 2.45) is 0 Å². The molecular formula is C17H32N2O. The number of hydrogen-bond acceptors (Lipinski definition) is 3. The highest BCUT2D eigenvalue weighted by molar-refractivity contribution is 4.92. The molecule has 0 amide bonds. The number of nitrogens with zero attached hydrogens (tertiary/aromatic N) is 1. The van der Waals surface area contributed by atoms with Gasteiger partial charge in [0.1, 0.15) is 0 Å². The summed E-state index contributed by atoms with van der Waals surface area (Å²) in [5.41, 5.74) is 0.285. The largest absolute Gasteiger partial charge is 0.370 e. The second kappa shape index (κ2) is 6.76. The molecule has 2 heterocycles. The Kier molecular flexibility index (Phi) is 5.00. The highest BCUT2D eigenvalue weighted by Crippen LogP contribution is 2.41. The molecule has 0 aromatic rings.